The molecule has 1 saturated heterocycles. The molecule has 0 aromatic heterocycles. The van der Waals surface area contributed by atoms with Gasteiger partial charge in [-0.15, -0.1) is 0 Å². The van der Waals surface area contributed by atoms with Gasteiger partial charge >= 0.3 is 0 Å². The molecule has 1 heterocycles. The van der Waals surface area contributed by atoms with Gasteiger partial charge < -0.3 is 5.73 Å². The Balaban J connectivity index is 2.13. The number of nitrogens with zero attached hydrogens (tertiary/aromatic N) is 1. The number of rotatable bonds is 4. The predicted octanol–water partition coefficient (Wildman–Crippen LogP) is 1.63. The molecule has 2 atom stereocenters. The van der Waals surface area contributed by atoms with Crippen LogP contribution < -0.4 is 5.73 Å². The van der Waals surface area contributed by atoms with Gasteiger partial charge in [-0.1, -0.05) is 32.7 Å². The second kappa shape index (κ2) is 5.61. The van der Waals surface area contributed by atoms with Crippen molar-refractivity contribution in [3.63, 3.8) is 0 Å². The fourth-order valence-corrected chi connectivity index (χ4v) is 3.19. The lowest BCUT2D eigenvalue weighted by molar-refractivity contribution is -0.122. The van der Waals surface area contributed by atoms with Crippen molar-refractivity contribution in [2.24, 2.45) is 17.6 Å². The second-order valence-electron chi connectivity index (χ2n) is 4.70. The quantitative estimate of drug-likeness (QED) is 0.771. The van der Waals surface area contributed by atoms with E-state index in [0.29, 0.717) is 0 Å². The third-order valence-electron chi connectivity index (χ3n) is 3.51. The lowest BCUT2D eigenvalue weighted by Crippen LogP contribution is -2.30. The summed E-state index contributed by atoms with van der Waals surface area (Å²) in [6.45, 7) is 1.72. The van der Waals surface area contributed by atoms with Crippen LogP contribution in [0, 0.1) is 11.8 Å². The van der Waals surface area contributed by atoms with Gasteiger partial charge in [-0.3, -0.25) is 9.69 Å². The average molecular weight is 250 g/mol. The van der Waals surface area contributed by atoms with Crippen molar-refractivity contribution in [1.82, 2.24) is 4.90 Å². The highest BCUT2D eigenvalue weighted by atomic mass is 31.1. The van der Waals surface area contributed by atoms with E-state index in [9.17, 15) is 4.79 Å². The zero-order valence-electron chi connectivity index (χ0n) is 10.0. The Morgan fingerprint density at radius 2 is 2.35 bits per heavy atom. The monoisotopic (exact) mass is 250 g/mol. The van der Waals surface area contributed by atoms with Crippen LogP contribution in [0.4, 0.5) is 0 Å². The highest BCUT2D eigenvalue weighted by Gasteiger charge is 2.37. The normalized spacial score (nSPS) is 29.5. The largest absolute Gasteiger partial charge is 0.369 e. The summed E-state index contributed by atoms with van der Waals surface area (Å²) in [5, 5.41) is 0. The van der Waals surface area contributed by atoms with E-state index in [2.05, 4.69) is 29.4 Å². The van der Waals surface area contributed by atoms with Gasteiger partial charge in [0.25, 0.3) is 0 Å². The summed E-state index contributed by atoms with van der Waals surface area (Å²) in [7, 11) is 1.10. The first-order valence-electron chi connectivity index (χ1n) is 6.03. The van der Waals surface area contributed by atoms with E-state index in [1.165, 1.54) is 5.57 Å². The summed E-state index contributed by atoms with van der Waals surface area (Å²) in [5.41, 5.74) is 6.81. The molecule has 2 N–H and O–H groups in total. The summed E-state index contributed by atoms with van der Waals surface area (Å²) in [6, 6.07) is 0. The van der Waals surface area contributed by atoms with Crippen molar-refractivity contribution in [2.75, 3.05) is 19.4 Å². The number of hydrogen-bond acceptors (Lipinski definition) is 2. The van der Waals surface area contributed by atoms with Crippen molar-refractivity contribution in [1.29, 1.82) is 0 Å². The molecule has 2 unspecified atom stereocenters. The molecular formula is C13H19N2OP. The van der Waals surface area contributed by atoms with Crippen molar-refractivity contribution in [3.8, 4) is 0 Å². The lowest BCUT2D eigenvalue weighted by atomic mass is 9.85. The maximum Gasteiger partial charge on any atom is 0.222 e. The van der Waals surface area contributed by atoms with Crippen LogP contribution in [0.15, 0.2) is 23.8 Å². The zero-order valence-corrected chi connectivity index (χ0v) is 10.9. The van der Waals surface area contributed by atoms with Gasteiger partial charge in [0.15, 0.2) is 0 Å². The van der Waals surface area contributed by atoms with Crippen LogP contribution in [0.25, 0.3) is 0 Å². The van der Waals surface area contributed by atoms with E-state index in [1.807, 2.05) is 0 Å². The average Bonchev–Trinajstić information content (AvgIpc) is 2.75. The molecule has 4 heteroatoms. The van der Waals surface area contributed by atoms with Crippen LogP contribution >= 0.6 is 8.20 Å². The Bertz CT molecular complexity index is 376. The minimum absolute atomic E-state index is 0.0363. The molecule has 1 amide bonds. The zero-order chi connectivity index (χ0) is 12.3. The molecule has 1 fully saturated rings. The van der Waals surface area contributed by atoms with Crippen molar-refractivity contribution in [3.05, 3.63) is 23.8 Å². The number of allylic oxidation sites excluding steroid dienone is 3. The summed E-state index contributed by atoms with van der Waals surface area (Å²) in [4.78, 5) is 13.8. The smallest absolute Gasteiger partial charge is 0.222 e. The van der Waals surface area contributed by atoms with Gasteiger partial charge in [-0.05, 0) is 18.4 Å². The van der Waals surface area contributed by atoms with Gasteiger partial charge in [0.1, 0.15) is 0 Å². The Morgan fingerprint density at radius 1 is 1.53 bits per heavy atom. The Kier molecular flexibility index (Phi) is 4.14. The first-order chi connectivity index (χ1) is 8.22. The maximum atomic E-state index is 11.5. The van der Waals surface area contributed by atoms with Crippen molar-refractivity contribution >= 4 is 20.4 Å². The minimum atomic E-state index is -0.168. The highest BCUT2D eigenvalue weighted by molar-refractivity contribution is 7.36. The van der Waals surface area contributed by atoms with Gasteiger partial charge in [-0.2, -0.15) is 0 Å². The van der Waals surface area contributed by atoms with Crippen LogP contribution in [0.2, 0.25) is 0 Å². The van der Waals surface area contributed by atoms with Gasteiger partial charge in [-0.25, -0.2) is 0 Å². The number of primary amides is 1. The van der Waals surface area contributed by atoms with Crippen LogP contribution in [0.1, 0.15) is 12.8 Å². The second-order valence-corrected chi connectivity index (χ2v) is 5.43. The summed E-state index contributed by atoms with van der Waals surface area (Å²) in [6.07, 6.45) is 13.6. The molecule has 0 saturated carbocycles. The third-order valence-corrected chi connectivity index (χ3v) is 4.11. The number of likely N-dealkylation sites (tertiary alicyclic amines) is 1. The molecular weight excluding hydrogens is 231 g/mol. The topological polar surface area (TPSA) is 46.3 Å². The SMILES string of the molecule is C=PCN1CC(C(N)=O)C(C2=CCCC=C2)C1. The Hall–Kier alpha value is -0.920. The fraction of sp³-hybridized carbons (Fsp3) is 0.538. The van der Waals surface area contributed by atoms with E-state index in [4.69, 9.17) is 5.73 Å². The van der Waals surface area contributed by atoms with Crippen LogP contribution in [0.5, 0.6) is 0 Å². The van der Waals surface area contributed by atoms with E-state index in [-0.39, 0.29) is 17.7 Å². The maximum absolute atomic E-state index is 11.5. The summed E-state index contributed by atoms with van der Waals surface area (Å²) in [5.74, 6) is 0.0784. The number of carbonyl (C=O) groups is 1. The van der Waals surface area contributed by atoms with Gasteiger partial charge in [0.05, 0.1) is 5.92 Å². The first kappa shape index (κ1) is 12.5. The molecule has 0 bridgehead atoms. The summed E-state index contributed by atoms with van der Waals surface area (Å²) < 4.78 is 0. The fourth-order valence-electron chi connectivity index (χ4n) is 2.68. The van der Waals surface area contributed by atoms with E-state index in [1.54, 1.807) is 0 Å². The van der Waals surface area contributed by atoms with Crippen LogP contribution in [-0.2, 0) is 4.79 Å². The minimum Gasteiger partial charge on any atom is -0.369 e. The van der Waals surface area contributed by atoms with E-state index >= 15 is 0 Å². The molecule has 0 aromatic rings. The van der Waals surface area contributed by atoms with E-state index in [0.717, 1.165) is 40.4 Å². The van der Waals surface area contributed by atoms with E-state index < -0.39 is 0 Å². The number of hydrogen-bond donors (Lipinski definition) is 1. The number of nitrogens with two attached hydrogens (primary N) is 1. The Morgan fingerprint density at radius 3 is 2.94 bits per heavy atom. The van der Waals surface area contributed by atoms with Gasteiger partial charge in [0.2, 0.25) is 5.91 Å². The molecule has 92 valence electrons. The highest BCUT2D eigenvalue weighted by Crippen LogP contribution is 2.32. The lowest BCUT2D eigenvalue weighted by Gasteiger charge is -2.18. The van der Waals surface area contributed by atoms with Crippen molar-refractivity contribution in [2.45, 2.75) is 12.8 Å². The summed E-state index contributed by atoms with van der Waals surface area (Å²) >= 11 is 0. The Labute approximate surface area is 104 Å². The molecule has 17 heavy (non-hydrogen) atoms. The molecule has 1 aliphatic carbocycles. The first-order valence-corrected chi connectivity index (χ1v) is 7.29. The van der Waals surface area contributed by atoms with Gasteiger partial charge in [0, 0.05) is 25.3 Å². The molecule has 0 aromatic carbocycles. The van der Waals surface area contributed by atoms with Crippen molar-refractivity contribution < 1.29 is 4.79 Å². The van der Waals surface area contributed by atoms with Crippen LogP contribution in [0.3, 0.4) is 0 Å². The molecule has 3 nitrogen and oxygen atoms in total. The number of carbonyl (C=O) groups excluding carboxylic acids is 1. The molecule has 2 rings (SSSR count). The molecule has 0 spiro atoms. The van der Waals surface area contributed by atoms with Crippen LogP contribution in [-0.4, -0.2) is 36.5 Å². The molecule has 0 radical (unpaired) electrons. The molecule has 1 aliphatic heterocycles. The third kappa shape index (κ3) is 2.85. The standard InChI is InChI=1S/C13H19N2OP/c1-17-9-15-7-11(12(8-15)13(14)16)10-5-3-2-4-6-10/h3,5-6,11-12H,1-2,4,7-9H2,(H2,14,16). The molecule has 2 aliphatic rings. The number of amides is 1. The predicted molar refractivity (Wildman–Crippen MR) is 73.1 cm³/mol.